The van der Waals surface area contributed by atoms with Crippen LogP contribution in [0.4, 0.5) is 5.00 Å². The van der Waals surface area contributed by atoms with Crippen LogP contribution in [0, 0.1) is 0 Å². The predicted molar refractivity (Wildman–Crippen MR) is 104 cm³/mol. The monoisotopic (exact) mass is 372 g/mol. The van der Waals surface area contributed by atoms with Crippen LogP contribution in [0.1, 0.15) is 47.3 Å². The van der Waals surface area contributed by atoms with Crippen molar-refractivity contribution < 1.29 is 14.3 Å². The number of aryl methyl sites for hydroxylation is 1. The Morgan fingerprint density at radius 2 is 2.12 bits per heavy atom. The van der Waals surface area contributed by atoms with Crippen LogP contribution in [0.15, 0.2) is 35.7 Å². The molecule has 26 heavy (non-hydrogen) atoms. The van der Waals surface area contributed by atoms with Gasteiger partial charge in [-0.05, 0) is 55.8 Å². The van der Waals surface area contributed by atoms with Gasteiger partial charge in [0, 0.05) is 6.04 Å². The summed E-state index contributed by atoms with van der Waals surface area (Å²) in [4.78, 5) is 26.5. The number of anilines is 1. The van der Waals surface area contributed by atoms with Crippen LogP contribution in [-0.2, 0) is 16.0 Å². The number of likely N-dealkylation sites (N-methyl/N-ethyl adjacent to an activating group) is 1. The fourth-order valence-electron chi connectivity index (χ4n) is 3.46. The van der Waals surface area contributed by atoms with Gasteiger partial charge in [-0.1, -0.05) is 24.3 Å². The number of hydrogen-bond donors (Lipinski definition) is 1. The first-order valence-electron chi connectivity index (χ1n) is 8.92. The van der Waals surface area contributed by atoms with E-state index in [0.717, 1.165) is 19.3 Å². The largest absolute Gasteiger partial charge is 0.462 e. The number of hydrogen-bond acceptors (Lipinski definition) is 5. The van der Waals surface area contributed by atoms with Crippen molar-refractivity contribution in [2.24, 2.45) is 0 Å². The molecule has 0 aliphatic heterocycles. The smallest absolute Gasteiger partial charge is 0.341 e. The Kier molecular flexibility index (Phi) is 6.06. The second-order valence-corrected chi connectivity index (χ2v) is 7.37. The minimum absolute atomic E-state index is 0.122. The van der Waals surface area contributed by atoms with Crippen molar-refractivity contribution in [1.29, 1.82) is 0 Å². The van der Waals surface area contributed by atoms with Gasteiger partial charge in [-0.2, -0.15) is 0 Å². The van der Waals surface area contributed by atoms with Crippen molar-refractivity contribution in [1.82, 2.24) is 4.90 Å². The first-order chi connectivity index (χ1) is 12.6. The molecule has 1 N–H and O–H groups in total. The quantitative estimate of drug-likeness (QED) is 0.782. The number of carbonyl (C=O) groups excluding carboxylic acids is 2. The highest BCUT2D eigenvalue weighted by Crippen LogP contribution is 2.33. The molecule has 1 aliphatic carbocycles. The van der Waals surface area contributed by atoms with E-state index in [1.807, 2.05) is 7.05 Å². The van der Waals surface area contributed by atoms with Gasteiger partial charge in [-0.3, -0.25) is 9.69 Å². The maximum Gasteiger partial charge on any atom is 0.341 e. The summed E-state index contributed by atoms with van der Waals surface area (Å²) in [5.74, 6) is -0.526. The molecule has 1 atom stereocenters. The predicted octanol–water partition coefficient (Wildman–Crippen LogP) is 3.87. The molecular formula is C20H24N2O3S. The van der Waals surface area contributed by atoms with Gasteiger partial charge in [0.2, 0.25) is 5.91 Å². The summed E-state index contributed by atoms with van der Waals surface area (Å²) in [5, 5.41) is 5.19. The van der Waals surface area contributed by atoms with Gasteiger partial charge >= 0.3 is 5.97 Å². The van der Waals surface area contributed by atoms with Crippen LogP contribution < -0.4 is 5.32 Å². The summed E-state index contributed by atoms with van der Waals surface area (Å²) in [6, 6.07) is 10.4. The molecule has 1 unspecified atom stereocenters. The second-order valence-electron chi connectivity index (χ2n) is 6.45. The minimum Gasteiger partial charge on any atom is -0.462 e. The van der Waals surface area contributed by atoms with E-state index < -0.39 is 5.97 Å². The molecule has 3 rings (SSSR count). The molecule has 0 saturated heterocycles. The lowest BCUT2D eigenvalue weighted by atomic mass is 9.87. The van der Waals surface area contributed by atoms with E-state index in [4.69, 9.17) is 4.74 Å². The number of carbonyl (C=O) groups is 2. The van der Waals surface area contributed by atoms with E-state index in [2.05, 4.69) is 34.5 Å². The van der Waals surface area contributed by atoms with Crippen LogP contribution in [-0.4, -0.2) is 37.0 Å². The lowest BCUT2D eigenvalue weighted by Crippen LogP contribution is -2.35. The maximum atomic E-state index is 12.5. The molecule has 0 fully saturated rings. The zero-order valence-electron chi connectivity index (χ0n) is 15.2. The lowest BCUT2D eigenvalue weighted by Gasteiger charge is -2.32. The molecule has 1 aromatic carbocycles. The third-order valence-electron chi connectivity index (χ3n) is 4.68. The van der Waals surface area contributed by atoms with Crippen molar-refractivity contribution in [2.45, 2.75) is 32.2 Å². The van der Waals surface area contributed by atoms with Gasteiger partial charge < -0.3 is 10.1 Å². The zero-order chi connectivity index (χ0) is 18.5. The van der Waals surface area contributed by atoms with Crippen molar-refractivity contribution in [3.8, 4) is 0 Å². The molecule has 0 radical (unpaired) electrons. The molecular weight excluding hydrogens is 348 g/mol. The summed E-state index contributed by atoms with van der Waals surface area (Å²) < 4.78 is 5.03. The number of fused-ring (bicyclic) bond motifs is 1. The SMILES string of the molecule is CCOC(=O)c1ccsc1NC(=O)CN(C)C1CCCc2ccccc21. The number of benzene rings is 1. The standard InChI is InChI=1S/C20H24N2O3S/c1-3-25-20(24)16-11-12-26-19(16)21-18(23)13-22(2)17-10-6-8-14-7-4-5-9-15(14)17/h4-5,7,9,11-12,17H,3,6,8,10,13H2,1-2H3,(H,21,23). The average Bonchev–Trinajstić information content (AvgIpc) is 3.09. The Labute approximate surface area is 158 Å². The third-order valence-corrected chi connectivity index (χ3v) is 5.51. The topological polar surface area (TPSA) is 58.6 Å². The summed E-state index contributed by atoms with van der Waals surface area (Å²) in [5.41, 5.74) is 3.10. The Balaban J connectivity index is 1.64. The molecule has 1 heterocycles. The van der Waals surface area contributed by atoms with Gasteiger partial charge in [0.15, 0.2) is 0 Å². The second kappa shape index (κ2) is 8.47. The van der Waals surface area contributed by atoms with Crippen molar-refractivity contribution in [2.75, 3.05) is 25.5 Å². The molecule has 138 valence electrons. The molecule has 1 aromatic heterocycles. The summed E-state index contributed by atoms with van der Waals surface area (Å²) in [6.45, 7) is 2.35. The number of thiophene rings is 1. The molecule has 0 bridgehead atoms. The molecule has 1 amide bonds. The minimum atomic E-state index is -0.404. The zero-order valence-corrected chi connectivity index (χ0v) is 16.0. The summed E-state index contributed by atoms with van der Waals surface area (Å²) in [6.07, 6.45) is 3.28. The fraction of sp³-hybridized carbons (Fsp3) is 0.400. The van der Waals surface area contributed by atoms with Gasteiger partial charge in [0.25, 0.3) is 0 Å². The van der Waals surface area contributed by atoms with Crippen molar-refractivity contribution in [3.63, 3.8) is 0 Å². The lowest BCUT2D eigenvalue weighted by molar-refractivity contribution is -0.117. The van der Waals surface area contributed by atoms with E-state index in [1.54, 1.807) is 18.4 Å². The highest BCUT2D eigenvalue weighted by atomic mass is 32.1. The van der Waals surface area contributed by atoms with E-state index in [0.29, 0.717) is 17.2 Å². The number of rotatable bonds is 6. The van der Waals surface area contributed by atoms with Crippen LogP contribution in [0.3, 0.4) is 0 Å². The Hall–Kier alpha value is -2.18. The Morgan fingerprint density at radius 3 is 2.92 bits per heavy atom. The Bertz CT molecular complexity index is 787. The molecule has 0 spiro atoms. The highest BCUT2D eigenvalue weighted by molar-refractivity contribution is 7.14. The van der Waals surface area contributed by atoms with E-state index in [1.165, 1.54) is 22.5 Å². The van der Waals surface area contributed by atoms with E-state index in [-0.39, 0.29) is 18.5 Å². The molecule has 6 heteroatoms. The molecule has 1 aliphatic rings. The summed E-state index contributed by atoms with van der Waals surface area (Å²) in [7, 11) is 1.98. The number of amides is 1. The molecule has 5 nitrogen and oxygen atoms in total. The van der Waals surface area contributed by atoms with E-state index >= 15 is 0 Å². The maximum absolute atomic E-state index is 12.5. The van der Waals surface area contributed by atoms with Gasteiger partial charge in [0.1, 0.15) is 5.00 Å². The number of nitrogens with zero attached hydrogens (tertiary/aromatic N) is 1. The molecule has 2 aromatic rings. The average molecular weight is 372 g/mol. The Morgan fingerprint density at radius 1 is 1.31 bits per heavy atom. The normalized spacial score (nSPS) is 16.2. The van der Waals surface area contributed by atoms with Crippen molar-refractivity contribution in [3.05, 3.63) is 52.4 Å². The first-order valence-corrected chi connectivity index (χ1v) is 9.80. The van der Waals surface area contributed by atoms with Gasteiger partial charge in [-0.25, -0.2) is 4.79 Å². The van der Waals surface area contributed by atoms with Crippen molar-refractivity contribution >= 4 is 28.2 Å². The third kappa shape index (κ3) is 4.14. The van der Waals surface area contributed by atoms with Crippen LogP contribution in [0.25, 0.3) is 0 Å². The van der Waals surface area contributed by atoms with Crippen LogP contribution in [0.2, 0.25) is 0 Å². The van der Waals surface area contributed by atoms with E-state index in [9.17, 15) is 9.59 Å². The van der Waals surface area contributed by atoms with Gasteiger partial charge in [-0.15, -0.1) is 11.3 Å². The number of ether oxygens (including phenoxy) is 1. The molecule has 0 saturated carbocycles. The van der Waals surface area contributed by atoms with Crippen LogP contribution in [0.5, 0.6) is 0 Å². The highest BCUT2D eigenvalue weighted by Gasteiger charge is 2.25. The summed E-state index contributed by atoms with van der Waals surface area (Å²) >= 11 is 1.33. The van der Waals surface area contributed by atoms with Crippen LogP contribution >= 0.6 is 11.3 Å². The number of esters is 1. The number of nitrogens with one attached hydrogen (secondary N) is 1. The first kappa shape index (κ1) is 18.6. The van der Waals surface area contributed by atoms with Gasteiger partial charge in [0.05, 0.1) is 18.7 Å². The fourth-order valence-corrected chi connectivity index (χ4v) is 4.26.